The summed E-state index contributed by atoms with van der Waals surface area (Å²) >= 11 is 0. The van der Waals surface area contributed by atoms with E-state index in [1.165, 1.54) is 5.56 Å². The fraction of sp³-hybridized carbons (Fsp3) is 0.364. The summed E-state index contributed by atoms with van der Waals surface area (Å²) < 4.78 is 5.50. The largest absolute Gasteiger partial charge is 0.494 e. The van der Waals surface area contributed by atoms with Gasteiger partial charge in [-0.05, 0) is 49.2 Å². The van der Waals surface area contributed by atoms with Crippen molar-refractivity contribution < 1.29 is 9.53 Å². The Morgan fingerprint density at radius 2 is 1.86 bits per heavy atom. The topological polar surface area (TPSA) is 66.0 Å². The zero-order valence-corrected chi connectivity index (χ0v) is 17.2. The number of guanidine groups is 1. The van der Waals surface area contributed by atoms with Crippen LogP contribution in [0.15, 0.2) is 53.5 Å². The van der Waals surface area contributed by atoms with Crippen molar-refractivity contribution in [3.8, 4) is 5.75 Å². The highest BCUT2D eigenvalue weighted by atomic mass is 16.5. The molecule has 0 aliphatic carbocycles. The molecule has 6 heteroatoms. The summed E-state index contributed by atoms with van der Waals surface area (Å²) in [5.41, 5.74) is 2.81. The Hall–Kier alpha value is -3.02. The van der Waals surface area contributed by atoms with Crippen LogP contribution in [0.5, 0.6) is 5.75 Å². The van der Waals surface area contributed by atoms with Crippen LogP contribution in [0.25, 0.3) is 0 Å². The van der Waals surface area contributed by atoms with Gasteiger partial charge in [-0.15, -0.1) is 0 Å². The molecule has 0 saturated heterocycles. The first-order valence-corrected chi connectivity index (χ1v) is 9.59. The maximum atomic E-state index is 11.8. The number of hydrogen-bond acceptors (Lipinski definition) is 3. The number of hydrogen-bond donors (Lipinski definition) is 2. The molecule has 2 N–H and O–H groups in total. The molecule has 6 nitrogen and oxygen atoms in total. The molecule has 0 heterocycles. The second-order valence-corrected chi connectivity index (χ2v) is 6.38. The van der Waals surface area contributed by atoms with Crippen LogP contribution in [-0.4, -0.2) is 44.0 Å². The van der Waals surface area contributed by atoms with Crippen LogP contribution in [0, 0.1) is 0 Å². The van der Waals surface area contributed by atoms with Gasteiger partial charge in [0, 0.05) is 32.7 Å². The third-order valence-electron chi connectivity index (χ3n) is 4.18. The minimum Gasteiger partial charge on any atom is -0.494 e. The average molecular weight is 383 g/mol. The standard InChI is InChI=1S/C22H30N4O2/c1-5-24-22(25-15-18-8-7-9-19(14-18)21(27)23-3)26(4)16-17-10-12-20(13-11-17)28-6-2/h7-14H,5-6,15-16H2,1-4H3,(H,23,27)(H,24,25). The van der Waals surface area contributed by atoms with E-state index in [4.69, 9.17) is 9.73 Å². The van der Waals surface area contributed by atoms with Gasteiger partial charge in [-0.2, -0.15) is 0 Å². The lowest BCUT2D eigenvalue weighted by atomic mass is 10.1. The molecule has 150 valence electrons. The van der Waals surface area contributed by atoms with Crippen molar-refractivity contribution in [2.75, 3.05) is 27.2 Å². The molecule has 0 radical (unpaired) electrons. The van der Waals surface area contributed by atoms with Crippen molar-refractivity contribution in [2.45, 2.75) is 26.9 Å². The monoisotopic (exact) mass is 382 g/mol. The van der Waals surface area contributed by atoms with Gasteiger partial charge in [0.05, 0.1) is 13.2 Å². The van der Waals surface area contributed by atoms with Crippen LogP contribution in [0.3, 0.4) is 0 Å². The van der Waals surface area contributed by atoms with E-state index in [2.05, 4.69) is 27.7 Å². The van der Waals surface area contributed by atoms with E-state index in [1.807, 2.05) is 51.2 Å². The van der Waals surface area contributed by atoms with Crippen molar-refractivity contribution in [1.29, 1.82) is 0 Å². The molecule has 0 aliphatic heterocycles. The predicted octanol–water partition coefficient (Wildman–Crippen LogP) is 3.04. The van der Waals surface area contributed by atoms with Crippen molar-refractivity contribution in [2.24, 2.45) is 4.99 Å². The number of amides is 1. The molecular formula is C22H30N4O2. The average Bonchev–Trinajstić information content (AvgIpc) is 2.72. The molecule has 0 unspecified atom stereocenters. The Labute approximate surface area is 167 Å². The third kappa shape index (κ3) is 6.30. The second kappa shape index (κ2) is 11.0. The van der Waals surface area contributed by atoms with Crippen LogP contribution in [0.1, 0.15) is 35.3 Å². The molecule has 0 fully saturated rings. The van der Waals surface area contributed by atoms with Crippen LogP contribution >= 0.6 is 0 Å². The number of nitrogens with one attached hydrogen (secondary N) is 2. The smallest absolute Gasteiger partial charge is 0.251 e. The molecule has 1 amide bonds. The fourth-order valence-corrected chi connectivity index (χ4v) is 2.80. The molecule has 0 atom stereocenters. The number of nitrogens with zero attached hydrogens (tertiary/aromatic N) is 2. The Morgan fingerprint density at radius 3 is 2.50 bits per heavy atom. The van der Waals surface area contributed by atoms with Crippen molar-refractivity contribution >= 4 is 11.9 Å². The van der Waals surface area contributed by atoms with Crippen molar-refractivity contribution in [3.63, 3.8) is 0 Å². The Kier molecular flexibility index (Phi) is 8.34. The Morgan fingerprint density at radius 1 is 1.11 bits per heavy atom. The van der Waals surface area contributed by atoms with E-state index in [0.29, 0.717) is 18.7 Å². The number of rotatable bonds is 8. The van der Waals surface area contributed by atoms with Crippen LogP contribution < -0.4 is 15.4 Å². The zero-order valence-electron chi connectivity index (χ0n) is 17.2. The lowest BCUT2D eigenvalue weighted by molar-refractivity contribution is 0.0963. The summed E-state index contributed by atoms with van der Waals surface area (Å²) in [7, 11) is 3.64. The van der Waals surface area contributed by atoms with Gasteiger partial charge >= 0.3 is 0 Å². The first-order valence-electron chi connectivity index (χ1n) is 9.59. The van der Waals surface area contributed by atoms with Crippen LogP contribution in [-0.2, 0) is 13.1 Å². The van der Waals surface area contributed by atoms with Gasteiger partial charge in [0.25, 0.3) is 5.91 Å². The van der Waals surface area contributed by atoms with Gasteiger partial charge in [-0.1, -0.05) is 24.3 Å². The molecule has 28 heavy (non-hydrogen) atoms. The van der Waals surface area contributed by atoms with Crippen LogP contribution in [0.4, 0.5) is 0 Å². The summed E-state index contributed by atoms with van der Waals surface area (Å²) in [6.45, 7) is 6.71. The highest BCUT2D eigenvalue weighted by Gasteiger charge is 2.08. The SMILES string of the molecule is CCNC(=NCc1cccc(C(=O)NC)c1)N(C)Cc1ccc(OCC)cc1. The lowest BCUT2D eigenvalue weighted by Crippen LogP contribution is -2.38. The minimum absolute atomic E-state index is 0.0923. The molecule has 2 aromatic rings. The molecule has 0 aliphatic rings. The maximum absolute atomic E-state index is 11.8. The Balaban J connectivity index is 2.07. The van der Waals surface area contributed by atoms with E-state index in [-0.39, 0.29) is 5.91 Å². The molecule has 2 rings (SSSR count). The quantitative estimate of drug-likeness (QED) is 0.544. The molecule has 0 spiro atoms. The summed E-state index contributed by atoms with van der Waals surface area (Å²) in [5.74, 6) is 1.61. The van der Waals surface area contributed by atoms with E-state index in [1.54, 1.807) is 13.1 Å². The first-order chi connectivity index (χ1) is 13.6. The second-order valence-electron chi connectivity index (χ2n) is 6.38. The molecule has 2 aromatic carbocycles. The minimum atomic E-state index is -0.0923. The fourth-order valence-electron chi connectivity index (χ4n) is 2.80. The highest BCUT2D eigenvalue weighted by molar-refractivity contribution is 5.94. The molecule has 0 aromatic heterocycles. The summed E-state index contributed by atoms with van der Waals surface area (Å²) in [6.07, 6.45) is 0. The molecule has 0 saturated carbocycles. The zero-order chi connectivity index (χ0) is 20.4. The predicted molar refractivity (Wildman–Crippen MR) is 114 cm³/mol. The van der Waals surface area contributed by atoms with E-state index in [9.17, 15) is 4.79 Å². The number of carbonyl (C=O) groups is 1. The Bertz CT molecular complexity index is 787. The number of carbonyl (C=O) groups excluding carboxylic acids is 1. The van der Waals surface area contributed by atoms with Gasteiger partial charge < -0.3 is 20.3 Å². The number of ether oxygens (including phenoxy) is 1. The third-order valence-corrected chi connectivity index (χ3v) is 4.18. The van der Waals surface area contributed by atoms with Crippen molar-refractivity contribution in [1.82, 2.24) is 15.5 Å². The first kappa shape index (κ1) is 21.3. The van der Waals surface area contributed by atoms with E-state index in [0.717, 1.165) is 30.4 Å². The van der Waals surface area contributed by atoms with E-state index >= 15 is 0 Å². The van der Waals surface area contributed by atoms with Gasteiger partial charge in [0.1, 0.15) is 5.75 Å². The van der Waals surface area contributed by atoms with Crippen molar-refractivity contribution in [3.05, 3.63) is 65.2 Å². The number of benzene rings is 2. The highest BCUT2D eigenvalue weighted by Crippen LogP contribution is 2.13. The maximum Gasteiger partial charge on any atom is 0.251 e. The lowest BCUT2D eigenvalue weighted by Gasteiger charge is -2.22. The molecule has 0 bridgehead atoms. The number of aliphatic imine (C=N–C) groups is 1. The van der Waals surface area contributed by atoms with Gasteiger partial charge in [-0.25, -0.2) is 4.99 Å². The summed E-state index contributed by atoms with van der Waals surface area (Å²) in [4.78, 5) is 18.6. The van der Waals surface area contributed by atoms with Gasteiger partial charge in [0.2, 0.25) is 0 Å². The summed E-state index contributed by atoms with van der Waals surface area (Å²) in [6, 6.07) is 15.6. The van der Waals surface area contributed by atoms with Gasteiger partial charge in [-0.3, -0.25) is 4.79 Å². The van der Waals surface area contributed by atoms with Crippen LogP contribution in [0.2, 0.25) is 0 Å². The normalized spacial score (nSPS) is 11.1. The molecular weight excluding hydrogens is 352 g/mol. The van der Waals surface area contributed by atoms with Gasteiger partial charge in [0.15, 0.2) is 5.96 Å². The van der Waals surface area contributed by atoms with E-state index < -0.39 is 0 Å². The summed E-state index contributed by atoms with van der Waals surface area (Å²) in [5, 5.41) is 5.97.